The molecule has 2 aromatic heterocycles. The van der Waals surface area contributed by atoms with Crippen LogP contribution in [0, 0.1) is 0 Å². The summed E-state index contributed by atoms with van der Waals surface area (Å²) in [5.41, 5.74) is 1.94. The Labute approximate surface area is 186 Å². The fraction of sp³-hybridized carbons (Fsp3) is 0.273. The number of rotatable bonds is 5. The first-order chi connectivity index (χ1) is 15.5. The molecule has 1 aliphatic rings. The van der Waals surface area contributed by atoms with Crippen LogP contribution in [0.2, 0.25) is 0 Å². The summed E-state index contributed by atoms with van der Waals surface area (Å²) in [6.45, 7) is 1.20. The maximum atomic E-state index is 12.7. The number of oxazole rings is 1. The number of hydrogen-bond donors (Lipinski definition) is 1. The summed E-state index contributed by atoms with van der Waals surface area (Å²) in [5, 5.41) is 3.15. The largest absolute Gasteiger partial charge is 0.497 e. The van der Waals surface area contributed by atoms with E-state index in [-0.39, 0.29) is 12.5 Å². The summed E-state index contributed by atoms with van der Waals surface area (Å²) in [4.78, 5) is 43.9. The molecule has 9 nitrogen and oxygen atoms in total. The molecule has 32 heavy (non-hydrogen) atoms. The minimum absolute atomic E-state index is 0.0843. The van der Waals surface area contributed by atoms with Crippen LogP contribution in [0.15, 0.2) is 45.6 Å². The summed E-state index contributed by atoms with van der Waals surface area (Å²) in [7, 11) is 1.59. The van der Waals surface area contributed by atoms with E-state index in [1.807, 2.05) is 12.1 Å². The van der Waals surface area contributed by atoms with Crippen LogP contribution >= 0.6 is 11.3 Å². The molecule has 1 fully saturated rings. The second kappa shape index (κ2) is 8.12. The quantitative estimate of drug-likeness (QED) is 0.499. The lowest BCUT2D eigenvalue weighted by molar-refractivity contribution is -0.116. The highest BCUT2D eigenvalue weighted by molar-refractivity contribution is 7.22. The maximum Gasteiger partial charge on any atom is 0.420 e. The van der Waals surface area contributed by atoms with Crippen molar-refractivity contribution in [1.29, 1.82) is 0 Å². The number of benzene rings is 2. The number of nitrogens with one attached hydrogen (secondary N) is 1. The van der Waals surface area contributed by atoms with Crippen LogP contribution in [0.1, 0.15) is 23.2 Å². The molecule has 0 saturated carbocycles. The van der Waals surface area contributed by atoms with E-state index in [0.717, 1.165) is 36.1 Å². The van der Waals surface area contributed by atoms with Crippen LogP contribution in [0.5, 0.6) is 5.75 Å². The topological polar surface area (TPSA) is 107 Å². The van der Waals surface area contributed by atoms with E-state index in [1.165, 1.54) is 15.9 Å². The van der Waals surface area contributed by atoms with Crippen molar-refractivity contribution in [1.82, 2.24) is 14.5 Å². The average Bonchev–Trinajstić information content (AvgIpc) is 3.52. The van der Waals surface area contributed by atoms with Crippen LogP contribution in [0.3, 0.4) is 0 Å². The molecule has 0 aliphatic carbocycles. The molecule has 1 aliphatic heterocycles. The van der Waals surface area contributed by atoms with Crippen molar-refractivity contribution in [3.05, 3.63) is 52.5 Å². The van der Waals surface area contributed by atoms with E-state index in [2.05, 4.69) is 10.3 Å². The van der Waals surface area contributed by atoms with Crippen LogP contribution in [-0.4, -0.2) is 46.5 Å². The van der Waals surface area contributed by atoms with Crippen LogP contribution in [0.4, 0.5) is 5.13 Å². The number of fused-ring (bicyclic) bond motifs is 2. The number of nitrogens with zero attached hydrogens (tertiary/aromatic N) is 3. The summed E-state index contributed by atoms with van der Waals surface area (Å²) in [6, 6.07) is 10.3. The second-order valence-corrected chi connectivity index (χ2v) is 8.57. The number of likely N-dealkylation sites (tertiary alicyclic amines) is 1. The lowest BCUT2D eigenvalue weighted by Gasteiger charge is -2.15. The Morgan fingerprint density at radius 1 is 1.19 bits per heavy atom. The van der Waals surface area contributed by atoms with E-state index in [1.54, 1.807) is 36.3 Å². The number of carbonyl (C=O) groups is 2. The minimum Gasteiger partial charge on any atom is -0.497 e. The highest BCUT2D eigenvalue weighted by atomic mass is 32.1. The predicted molar refractivity (Wildman–Crippen MR) is 120 cm³/mol. The Kier molecular flexibility index (Phi) is 5.14. The Hall–Kier alpha value is -3.66. The van der Waals surface area contributed by atoms with Gasteiger partial charge in [0.2, 0.25) is 5.91 Å². The first-order valence-corrected chi connectivity index (χ1v) is 11.0. The van der Waals surface area contributed by atoms with Gasteiger partial charge >= 0.3 is 5.76 Å². The zero-order valence-corrected chi connectivity index (χ0v) is 18.1. The van der Waals surface area contributed by atoms with Gasteiger partial charge in [0.05, 0.1) is 22.8 Å². The van der Waals surface area contributed by atoms with Gasteiger partial charge in [-0.25, -0.2) is 9.78 Å². The number of ether oxygens (including phenoxy) is 1. The van der Waals surface area contributed by atoms with Gasteiger partial charge in [0.25, 0.3) is 5.91 Å². The monoisotopic (exact) mass is 452 g/mol. The number of thiazole rings is 1. The predicted octanol–water partition coefficient (Wildman–Crippen LogP) is 3.09. The highest BCUT2D eigenvalue weighted by Crippen LogP contribution is 2.29. The molecule has 3 heterocycles. The average molecular weight is 452 g/mol. The number of aromatic nitrogens is 2. The molecular weight excluding hydrogens is 432 g/mol. The fourth-order valence-electron chi connectivity index (χ4n) is 3.84. The van der Waals surface area contributed by atoms with Gasteiger partial charge in [-0.15, -0.1) is 0 Å². The Bertz CT molecular complexity index is 1400. The van der Waals surface area contributed by atoms with Crippen molar-refractivity contribution < 1.29 is 18.7 Å². The van der Waals surface area contributed by atoms with Gasteiger partial charge in [-0.3, -0.25) is 14.2 Å². The summed E-state index contributed by atoms with van der Waals surface area (Å²) >= 11 is 1.31. The third kappa shape index (κ3) is 3.73. The fourth-order valence-corrected chi connectivity index (χ4v) is 4.75. The third-order valence-corrected chi connectivity index (χ3v) is 6.38. The zero-order valence-electron chi connectivity index (χ0n) is 17.3. The lowest BCUT2D eigenvalue weighted by atomic mass is 10.2. The van der Waals surface area contributed by atoms with Crippen molar-refractivity contribution >= 4 is 49.6 Å². The molecule has 1 saturated heterocycles. The highest BCUT2D eigenvalue weighted by Gasteiger charge is 2.21. The molecule has 0 atom stereocenters. The molecule has 0 spiro atoms. The van der Waals surface area contributed by atoms with E-state index in [9.17, 15) is 14.4 Å². The summed E-state index contributed by atoms with van der Waals surface area (Å²) in [5.74, 6) is -0.458. The van der Waals surface area contributed by atoms with Crippen molar-refractivity contribution in [2.45, 2.75) is 19.4 Å². The number of anilines is 1. The molecule has 1 N–H and O–H groups in total. The Morgan fingerprint density at radius 2 is 2.00 bits per heavy atom. The molecule has 2 aromatic carbocycles. The molecule has 0 radical (unpaired) electrons. The third-order valence-electron chi connectivity index (χ3n) is 5.45. The van der Waals surface area contributed by atoms with Gasteiger partial charge in [0.1, 0.15) is 12.3 Å². The van der Waals surface area contributed by atoms with Crippen molar-refractivity contribution in [3.63, 3.8) is 0 Å². The number of methoxy groups -OCH3 is 1. The van der Waals surface area contributed by atoms with Gasteiger partial charge in [-0.1, -0.05) is 11.3 Å². The van der Waals surface area contributed by atoms with E-state index < -0.39 is 11.7 Å². The van der Waals surface area contributed by atoms with Crippen LogP contribution in [-0.2, 0) is 11.3 Å². The molecule has 4 aromatic rings. The molecule has 0 unspecified atom stereocenters. The molecule has 10 heteroatoms. The van der Waals surface area contributed by atoms with E-state index in [0.29, 0.717) is 27.5 Å². The number of amides is 2. The van der Waals surface area contributed by atoms with Crippen molar-refractivity contribution in [3.8, 4) is 5.75 Å². The van der Waals surface area contributed by atoms with Crippen LogP contribution in [0.25, 0.3) is 21.3 Å². The summed E-state index contributed by atoms with van der Waals surface area (Å²) < 4.78 is 12.6. The molecule has 5 rings (SSSR count). The van der Waals surface area contributed by atoms with E-state index in [4.69, 9.17) is 9.15 Å². The van der Waals surface area contributed by atoms with Gasteiger partial charge in [-0.05, 0) is 49.2 Å². The van der Waals surface area contributed by atoms with Gasteiger partial charge in [0, 0.05) is 18.7 Å². The molecular formula is C22H20N4O5S. The standard InChI is InChI=1S/C22H20N4O5S/c1-30-14-5-6-15-18(11-14)32-21(23-15)24-19(27)12-26-16-10-13(4-7-17(16)31-22(26)29)20(28)25-8-2-3-9-25/h4-7,10-11H,2-3,8-9,12H2,1H3,(H,23,24,27). The molecule has 164 valence electrons. The Balaban J connectivity index is 1.38. The van der Waals surface area contributed by atoms with Gasteiger partial charge in [-0.2, -0.15) is 0 Å². The lowest BCUT2D eigenvalue weighted by Crippen LogP contribution is -2.27. The van der Waals surface area contributed by atoms with Gasteiger partial charge in [0.15, 0.2) is 10.7 Å². The van der Waals surface area contributed by atoms with Gasteiger partial charge < -0.3 is 19.4 Å². The Morgan fingerprint density at radius 3 is 2.78 bits per heavy atom. The first kappa shape index (κ1) is 20.3. The number of carbonyl (C=O) groups excluding carboxylic acids is 2. The smallest absolute Gasteiger partial charge is 0.420 e. The van der Waals surface area contributed by atoms with Crippen LogP contribution < -0.4 is 15.8 Å². The second-order valence-electron chi connectivity index (χ2n) is 7.54. The maximum absolute atomic E-state index is 12.7. The number of hydrogen-bond acceptors (Lipinski definition) is 7. The van der Waals surface area contributed by atoms with Crippen molar-refractivity contribution in [2.75, 3.05) is 25.5 Å². The SMILES string of the molecule is COc1ccc2nc(NC(=O)Cn3c(=O)oc4ccc(C(=O)N5CCCC5)cc43)sc2c1. The summed E-state index contributed by atoms with van der Waals surface area (Å²) in [6.07, 6.45) is 1.98. The van der Waals surface area contributed by atoms with E-state index >= 15 is 0 Å². The normalized spacial score (nSPS) is 13.7. The minimum atomic E-state index is -0.657. The van der Waals surface area contributed by atoms with Crippen molar-refractivity contribution in [2.24, 2.45) is 0 Å². The first-order valence-electron chi connectivity index (χ1n) is 10.2. The zero-order chi connectivity index (χ0) is 22.2. The molecule has 2 amide bonds. The molecule has 0 bridgehead atoms.